The molecule has 0 aliphatic carbocycles. The molecule has 0 bridgehead atoms. The van der Waals surface area contributed by atoms with E-state index in [1.54, 1.807) is 5.32 Å². The van der Waals surface area contributed by atoms with Crippen LogP contribution in [0.3, 0.4) is 0 Å². The average molecular weight is 280 g/mol. The Labute approximate surface area is 111 Å². The van der Waals surface area contributed by atoms with Gasteiger partial charge in [0, 0.05) is 5.56 Å². The van der Waals surface area contributed by atoms with E-state index in [0.717, 1.165) is 4.68 Å². The van der Waals surface area contributed by atoms with Crippen molar-refractivity contribution < 1.29 is 18.4 Å². The number of rotatable bonds is 3. The Morgan fingerprint density at radius 3 is 2.60 bits per heavy atom. The quantitative estimate of drug-likeness (QED) is 0.809. The van der Waals surface area contributed by atoms with E-state index in [4.69, 9.17) is 10.2 Å². The second-order valence-electron chi connectivity index (χ2n) is 3.75. The summed E-state index contributed by atoms with van der Waals surface area (Å²) in [5, 5.41) is 5.54. The van der Waals surface area contributed by atoms with Crippen LogP contribution in [0, 0.1) is 5.82 Å². The number of carbonyl (C=O) groups excluding carboxylic acids is 2. The van der Waals surface area contributed by atoms with E-state index in [9.17, 15) is 18.8 Å². The number of amides is 3. The molecule has 20 heavy (non-hydrogen) atoms. The van der Waals surface area contributed by atoms with Crippen molar-refractivity contribution >= 4 is 11.9 Å². The number of benzene rings is 1. The standard InChI is InChI=1S/C11H9FN4O4/c12-7-3-1-6(2-4-7)9-15-16(11(19)20-9)5-8(17)14-10(13)18/h1-4H,5H2,(H3,13,14,17,18). The van der Waals surface area contributed by atoms with Gasteiger partial charge in [0.2, 0.25) is 11.8 Å². The predicted octanol–water partition coefficient (Wildman–Crippen LogP) is -0.163. The molecule has 1 aromatic heterocycles. The van der Waals surface area contributed by atoms with Gasteiger partial charge in [0.05, 0.1) is 0 Å². The number of hydrogen-bond acceptors (Lipinski definition) is 5. The van der Waals surface area contributed by atoms with E-state index in [-0.39, 0.29) is 5.89 Å². The first-order chi connectivity index (χ1) is 9.45. The monoisotopic (exact) mass is 280 g/mol. The normalized spacial score (nSPS) is 10.2. The molecule has 0 saturated carbocycles. The minimum absolute atomic E-state index is 0.0677. The topological polar surface area (TPSA) is 120 Å². The lowest BCUT2D eigenvalue weighted by molar-refractivity contribution is -0.120. The molecule has 2 rings (SSSR count). The summed E-state index contributed by atoms with van der Waals surface area (Å²) in [5.74, 6) is -2.21. The van der Waals surface area contributed by atoms with Crippen LogP contribution < -0.4 is 16.8 Å². The highest BCUT2D eigenvalue weighted by Crippen LogP contribution is 2.15. The molecule has 3 amide bonds. The third-order valence-electron chi connectivity index (χ3n) is 2.25. The van der Waals surface area contributed by atoms with Gasteiger partial charge in [-0.1, -0.05) is 0 Å². The fourth-order valence-corrected chi connectivity index (χ4v) is 1.43. The van der Waals surface area contributed by atoms with Gasteiger partial charge in [-0.25, -0.2) is 14.0 Å². The molecule has 1 heterocycles. The van der Waals surface area contributed by atoms with Crippen LogP contribution in [0.4, 0.5) is 9.18 Å². The number of halogens is 1. The van der Waals surface area contributed by atoms with Gasteiger partial charge in [0.1, 0.15) is 12.4 Å². The first kappa shape index (κ1) is 13.5. The van der Waals surface area contributed by atoms with Crippen LogP contribution in [0.5, 0.6) is 0 Å². The van der Waals surface area contributed by atoms with Crippen LogP contribution >= 0.6 is 0 Å². The summed E-state index contributed by atoms with van der Waals surface area (Å²) in [5.41, 5.74) is 5.13. The second-order valence-corrected chi connectivity index (χ2v) is 3.75. The number of hydrogen-bond donors (Lipinski definition) is 2. The van der Waals surface area contributed by atoms with Crippen LogP contribution in [0.1, 0.15) is 0 Å². The second kappa shape index (κ2) is 5.34. The van der Waals surface area contributed by atoms with Gasteiger partial charge in [0.15, 0.2) is 0 Å². The van der Waals surface area contributed by atoms with E-state index in [1.807, 2.05) is 0 Å². The molecule has 0 aliphatic rings. The third-order valence-corrected chi connectivity index (χ3v) is 2.25. The highest BCUT2D eigenvalue weighted by molar-refractivity contribution is 5.93. The molecule has 0 fully saturated rings. The molecule has 3 N–H and O–H groups in total. The molecule has 0 unspecified atom stereocenters. The molecule has 9 heteroatoms. The summed E-state index contributed by atoms with van der Waals surface area (Å²) >= 11 is 0. The molecule has 2 aromatic rings. The average Bonchev–Trinajstić information content (AvgIpc) is 2.70. The van der Waals surface area contributed by atoms with Crippen LogP contribution in [-0.4, -0.2) is 21.7 Å². The number of nitrogens with zero attached hydrogens (tertiary/aromatic N) is 2. The maximum absolute atomic E-state index is 12.8. The van der Waals surface area contributed by atoms with Crippen molar-refractivity contribution in [3.63, 3.8) is 0 Å². The number of imide groups is 1. The summed E-state index contributed by atoms with van der Waals surface area (Å²) < 4.78 is 18.3. The van der Waals surface area contributed by atoms with Crippen molar-refractivity contribution in [2.24, 2.45) is 5.73 Å². The summed E-state index contributed by atoms with van der Waals surface area (Å²) in [6.45, 7) is -0.521. The number of nitrogens with one attached hydrogen (secondary N) is 1. The van der Waals surface area contributed by atoms with Crippen LogP contribution in [0.25, 0.3) is 11.5 Å². The Hall–Kier alpha value is -2.97. The highest BCUT2D eigenvalue weighted by atomic mass is 19.1. The molecule has 0 spiro atoms. The maximum Gasteiger partial charge on any atom is 0.437 e. The Morgan fingerprint density at radius 2 is 2.00 bits per heavy atom. The van der Waals surface area contributed by atoms with Gasteiger partial charge < -0.3 is 10.2 Å². The summed E-state index contributed by atoms with van der Waals surface area (Å²) in [7, 11) is 0. The number of aromatic nitrogens is 2. The van der Waals surface area contributed by atoms with Gasteiger partial charge in [-0.15, -0.1) is 5.10 Å². The van der Waals surface area contributed by atoms with E-state index < -0.39 is 30.1 Å². The van der Waals surface area contributed by atoms with Crippen LogP contribution in [-0.2, 0) is 11.3 Å². The zero-order valence-corrected chi connectivity index (χ0v) is 10.00. The maximum atomic E-state index is 12.8. The number of carbonyl (C=O) groups is 2. The van der Waals surface area contributed by atoms with Crippen LogP contribution in [0.2, 0.25) is 0 Å². The van der Waals surface area contributed by atoms with Gasteiger partial charge in [-0.3, -0.25) is 10.1 Å². The molecule has 0 radical (unpaired) electrons. The van der Waals surface area contributed by atoms with E-state index >= 15 is 0 Å². The van der Waals surface area contributed by atoms with Gasteiger partial charge in [0.25, 0.3) is 0 Å². The number of nitrogens with two attached hydrogens (primary N) is 1. The fourth-order valence-electron chi connectivity index (χ4n) is 1.43. The lowest BCUT2D eigenvalue weighted by Crippen LogP contribution is -2.38. The molecule has 8 nitrogen and oxygen atoms in total. The Balaban J connectivity index is 2.21. The molecular weight excluding hydrogens is 271 g/mol. The Kier molecular flexibility index (Phi) is 3.60. The van der Waals surface area contributed by atoms with Gasteiger partial charge in [-0.2, -0.15) is 4.68 Å². The van der Waals surface area contributed by atoms with Crippen molar-refractivity contribution in [2.45, 2.75) is 6.54 Å². The SMILES string of the molecule is NC(=O)NC(=O)Cn1nc(-c2ccc(F)cc2)oc1=O. The van der Waals surface area contributed by atoms with Crippen molar-refractivity contribution in [2.75, 3.05) is 0 Å². The Morgan fingerprint density at radius 1 is 1.35 bits per heavy atom. The molecule has 1 aromatic carbocycles. The van der Waals surface area contributed by atoms with Crippen molar-refractivity contribution in [3.05, 3.63) is 40.6 Å². The summed E-state index contributed by atoms with van der Waals surface area (Å²) in [6.07, 6.45) is 0. The van der Waals surface area contributed by atoms with Crippen molar-refractivity contribution in [1.82, 2.24) is 15.1 Å². The number of urea groups is 1. The van der Waals surface area contributed by atoms with Crippen molar-refractivity contribution in [1.29, 1.82) is 0 Å². The lowest BCUT2D eigenvalue weighted by atomic mass is 10.2. The molecule has 0 aliphatic heterocycles. The fraction of sp³-hybridized carbons (Fsp3) is 0.0909. The van der Waals surface area contributed by atoms with Gasteiger partial charge >= 0.3 is 11.8 Å². The predicted molar refractivity (Wildman–Crippen MR) is 63.9 cm³/mol. The van der Waals surface area contributed by atoms with E-state index in [0.29, 0.717) is 5.56 Å². The van der Waals surface area contributed by atoms with E-state index in [2.05, 4.69) is 5.10 Å². The molecule has 104 valence electrons. The smallest absolute Gasteiger partial charge is 0.388 e. The first-order valence-corrected chi connectivity index (χ1v) is 5.39. The van der Waals surface area contributed by atoms with E-state index in [1.165, 1.54) is 24.3 Å². The lowest BCUT2D eigenvalue weighted by Gasteiger charge is -1.98. The van der Waals surface area contributed by atoms with Crippen LogP contribution in [0.15, 0.2) is 33.5 Å². The minimum Gasteiger partial charge on any atom is -0.388 e. The number of primary amides is 1. The summed E-state index contributed by atoms with van der Waals surface area (Å²) in [6, 6.07) is 4.05. The zero-order chi connectivity index (χ0) is 14.7. The molecule has 0 atom stereocenters. The van der Waals surface area contributed by atoms with Crippen molar-refractivity contribution in [3.8, 4) is 11.5 Å². The Bertz CT molecular complexity index is 704. The highest BCUT2D eigenvalue weighted by Gasteiger charge is 2.14. The molecule has 0 saturated heterocycles. The first-order valence-electron chi connectivity index (χ1n) is 5.39. The summed E-state index contributed by atoms with van der Waals surface area (Å²) in [4.78, 5) is 33.2. The third kappa shape index (κ3) is 3.07. The minimum atomic E-state index is -1.04. The van der Waals surface area contributed by atoms with Gasteiger partial charge in [-0.05, 0) is 24.3 Å². The molecular formula is C11H9FN4O4. The largest absolute Gasteiger partial charge is 0.437 e. The zero-order valence-electron chi connectivity index (χ0n) is 10.00.